The highest BCUT2D eigenvalue weighted by Gasteiger charge is 2.26. The molecule has 0 aromatic heterocycles. The summed E-state index contributed by atoms with van der Waals surface area (Å²) in [6.45, 7) is 4.51. The van der Waals surface area contributed by atoms with Gasteiger partial charge in [-0.15, -0.1) is 0 Å². The minimum Gasteiger partial charge on any atom is -0.354 e. The lowest BCUT2D eigenvalue weighted by atomic mass is 10.1. The fourth-order valence-corrected chi connectivity index (χ4v) is 3.07. The van der Waals surface area contributed by atoms with Crippen molar-refractivity contribution in [1.29, 1.82) is 0 Å². The van der Waals surface area contributed by atoms with Gasteiger partial charge in [-0.1, -0.05) is 55.3 Å². The maximum absolute atomic E-state index is 14.0. The van der Waals surface area contributed by atoms with Gasteiger partial charge in [-0.3, -0.25) is 9.59 Å². The topological polar surface area (TPSA) is 49.4 Å². The molecule has 0 saturated heterocycles. The number of carbonyl (C=O) groups excluding carboxylic acids is 2. The molecule has 0 aliphatic carbocycles. The number of nitrogens with one attached hydrogen (secondary N) is 1. The second kappa shape index (κ2) is 10.8. The summed E-state index contributed by atoms with van der Waals surface area (Å²) in [7, 11) is 0. The lowest BCUT2D eigenvalue weighted by Crippen LogP contribution is -2.48. The van der Waals surface area contributed by atoms with E-state index in [-0.39, 0.29) is 24.8 Å². The van der Waals surface area contributed by atoms with Crippen LogP contribution in [0.25, 0.3) is 0 Å². The molecule has 0 radical (unpaired) electrons. The summed E-state index contributed by atoms with van der Waals surface area (Å²) in [6, 6.07) is 12.6. The van der Waals surface area contributed by atoms with Crippen LogP contribution < -0.4 is 5.32 Å². The Balaban J connectivity index is 2.20. The predicted octanol–water partition coefficient (Wildman–Crippen LogP) is 4.36. The van der Waals surface area contributed by atoms with Crippen LogP contribution in [-0.4, -0.2) is 29.3 Å². The second-order valence-electron chi connectivity index (χ2n) is 6.74. The number of benzene rings is 2. The van der Waals surface area contributed by atoms with Gasteiger partial charge in [0.25, 0.3) is 0 Å². The summed E-state index contributed by atoms with van der Waals surface area (Å²) in [6.07, 6.45) is 1.73. The van der Waals surface area contributed by atoms with Crippen molar-refractivity contribution < 1.29 is 14.0 Å². The number of hydrogen-bond donors (Lipinski definition) is 1. The van der Waals surface area contributed by atoms with E-state index in [4.69, 9.17) is 11.6 Å². The van der Waals surface area contributed by atoms with Crippen molar-refractivity contribution >= 4 is 23.4 Å². The molecular formula is C22H26ClFN2O2. The summed E-state index contributed by atoms with van der Waals surface area (Å²) in [4.78, 5) is 27.0. The molecule has 0 spiro atoms. The summed E-state index contributed by atoms with van der Waals surface area (Å²) in [5.41, 5.74) is 1.12. The number of rotatable bonds is 9. The molecule has 0 fully saturated rings. The minimum atomic E-state index is -0.685. The van der Waals surface area contributed by atoms with Crippen molar-refractivity contribution in [3.63, 3.8) is 0 Å². The van der Waals surface area contributed by atoms with E-state index in [1.54, 1.807) is 43.3 Å². The summed E-state index contributed by atoms with van der Waals surface area (Å²) >= 11 is 6.05. The van der Waals surface area contributed by atoms with Crippen molar-refractivity contribution in [2.24, 2.45) is 0 Å². The van der Waals surface area contributed by atoms with E-state index in [1.165, 1.54) is 11.0 Å². The molecule has 0 heterocycles. The normalized spacial score (nSPS) is 11.7. The molecule has 0 aliphatic rings. The van der Waals surface area contributed by atoms with Gasteiger partial charge in [0.1, 0.15) is 11.9 Å². The molecular weight excluding hydrogens is 379 g/mol. The second-order valence-corrected chi connectivity index (χ2v) is 7.18. The molecule has 2 rings (SSSR count). The fourth-order valence-electron chi connectivity index (χ4n) is 2.86. The molecule has 150 valence electrons. The molecule has 4 nitrogen and oxygen atoms in total. The Kier molecular flexibility index (Phi) is 8.45. The maximum atomic E-state index is 14.0. The van der Waals surface area contributed by atoms with Crippen molar-refractivity contribution in [2.45, 2.75) is 45.7 Å². The Morgan fingerprint density at radius 1 is 1.18 bits per heavy atom. The molecule has 0 bridgehead atoms. The van der Waals surface area contributed by atoms with E-state index in [9.17, 15) is 14.0 Å². The first-order chi connectivity index (χ1) is 13.4. The maximum Gasteiger partial charge on any atom is 0.242 e. The minimum absolute atomic E-state index is 0.111. The molecule has 2 amide bonds. The molecule has 6 heteroatoms. The lowest BCUT2D eigenvalue weighted by Gasteiger charge is -2.29. The number of amides is 2. The van der Waals surface area contributed by atoms with Gasteiger partial charge in [0.2, 0.25) is 11.8 Å². The number of nitrogens with zero attached hydrogens (tertiary/aromatic N) is 1. The van der Waals surface area contributed by atoms with E-state index < -0.39 is 11.9 Å². The number of carbonyl (C=O) groups is 2. The summed E-state index contributed by atoms with van der Waals surface area (Å²) in [5, 5.41) is 3.41. The number of halogens is 2. The Morgan fingerprint density at radius 3 is 2.61 bits per heavy atom. The lowest BCUT2D eigenvalue weighted by molar-refractivity contribution is -0.140. The highest BCUT2D eigenvalue weighted by atomic mass is 35.5. The van der Waals surface area contributed by atoms with Crippen LogP contribution in [0.3, 0.4) is 0 Å². The zero-order chi connectivity index (χ0) is 20.5. The Morgan fingerprint density at radius 2 is 1.93 bits per heavy atom. The number of hydrogen-bond acceptors (Lipinski definition) is 2. The monoisotopic (exact) mass is 404 g/mol. The van der Waals surface area contributed by atoms with Crippen molar-refractivity contribution in [3.8, 4) is 0 Å². The molecule has 28 heavy (non-hydrogen) atoms. The fraction of sp³-hybridized carbons (Fsp3) is 0.364. The van der Waals surface area contributed by atoms with Crippen LogP contribution in [0.4, 0.5) is 4.39 Å². The smallest absolute Gasteiger partial charge is 0.242 e. The Hall–Kier alpha value is -2.40. The summed E-state index contributed by atoms with van der Waals surface area (Å²) in [5.74, 6) is -0.973. The quantitative estimate of drug-likeness (QED) is 0.631. The number of unbranched alkanes of at least 4 members (excludes halogenated alkanes) is 1. The van der Waals surface area contributed by atoms with Crippen molar-refractivity contribution in [3.05, 3.63) is 70.5 Å². The predicted molar refractivity (Wildman–Crippen MR) is 109 cm³/mol. The molecule has 1 atom stereocenters. The highest BCUT2D eigenvalue weighted by Crippen LogP contribution is 2.17. The first-order valence-corrected chi connectivity index (χ1v) is 9.85. The third-order valence-corrected chi connectivity index (χ3v) is 4.77. The van der Waals surface area contributed by atoms with Crippen LogP contribution in [0, 0.1) is 5.82 Å². The largest absolute Gasteiger partial charge is 0.354 e. The van der Waals surface area contributed by atoms with Crippen LogP contribution in [0.15, 0.2) is 48.5 Å². The van der Waals surface area contributed by atoms with Gasteiger partial charge in [-0.25, -0.2) is 4.39 Å². The van der Waals surface area contributed by atoms with E-state index in [0.29, 0.717) is 17.1 Å². The third kappa shape index (κ3) is 6.34. The van der Waals surface area contributed by atoms with Crippen LogP contribution in [-0.2, 0) is 22.6 Å². The Labute approximate surface area is 170 Å². The first-order valence-electron chi connectivity index (χ1n) is 9.47. The Bertz CT molecular complexity index is 813. The van der Waals surface area contributed by atoms with Gasteiger partial charge in [-0.05, 0) is 42.7 Å². The molecule has 0 unspecified atom stereocenters. The van der Waals surface area contributed by atoms with Crippen LogP contribution in [0.1, 0.15) is 37.8 Å². The van der Waals surface area contributed by atoms with Crippen LogP contribution in [0.5, 0.6) is 0 Å². The van der Waals surface area contributed by atoms with Crippen molar-refractivity contribution in [2.75, 3.05) is 6.54 Å². The third-order valence-electron chi connectivity index (χ3n) is 4.54. The average Bonchev–Trinajstić information content (AvgIpc) is 2.67. The summed E-state index contributed by atoms with van der Waals surface area (Å²) < 4.78 is 14.0. The van der Waals surface area contributed by atoms with Gasteiger partial charge >= 0.3 is 0 Å². The van der Waals surface area contributed by atoms with Gasteiger partial charge in [0.05, 0.1) is 6.42 Å². The molecule has 0 saturated carbocycles. The van der Waals surface area contributed by atoms with Gasteiger partial charge in [0, 0.05) is 18.1 Å². The average molecular weight is 405 g/mol. The van der Waals surface area contributed by atoms with Gasteiger partial charge < -0.3 is 10.2 Å². The van der Waals surface area contributed by atoms with Gasteiger partial charge in [-0.2, -0.15) is 0 Å². The molecule has 2 aromatic rings. The van der Waals surface area contributed by atoms with E-state index in [0.717, 1.165) is 18.4 Å². The van der Waals surface area contributed by atoms with Crippen LogP contribution in [0.2, 0.25) is 5.02 Å². The van der Waals surface area contributed by atoms with Crippen molar-refractivity contribution in [1.82, 2.24) is 10.2 Å². The van der Waals surface area contributed by atoms with E-state index in [1.807, 2.05) is 13.0 Å². The molecule has 1 N–H and O–H groups in total. The zero-order valence-electron chi connectivity index (χ0n) is 16.3. The van der Waals surface area contributed by atoms with Crippen LogP contribution >= 0.6 is 11.6 Å². The SMILES string of the molecule is CCCCNC(=O)[C@@H](C)N(Cc1cccc(Cl)c1)C(=O)Cc1ccccc1F. The standard InChI is InChI=1S/C22H26ClFN2O2/c1-3-4-12-25-22(28)16(2)26(15-17-8-7-10-19(23)13-17)21(27)14-18-9-5-6-11-20(18)24/h5-11,13,16H,3-4,12,14-15H2,1-2H3,(H,25,28)/t16-/m1/s1. The first kappa shape index (κ1) is 21.9. The van der Waals surface area contributed by atoms with E-state index >= 15 is 0 Å². The van der Waals surface area contributed by atoms with Gasteiger partial charge in [0.15, 0.2) is 0 Å². The zero-order valence-corrected chi connectivity index (χ0v) is 17.0. The highest BCUT2D eigenvalue weighted by molar-refractivity contribution is 6.30. The molecule has 2 aromatic carbocycles. The molecule has 0 aliphatic heterocycles. The van der Waals surface area contributed by atoms with E-state index in [2.05, 4.69) is 5.32 Å².